The molecule has 5 rings (SSSR count). The Hall–Kier alpha value is -2.34. The van der Waals surface area contributed by atoms with Gasteiger partial charge in [-0.2, -0.15) is 0 Å². The van der Waals surface area contributed by atoms with E-state index in [-0.39, 0.29) is 11.3 Å². The highest BCUT2D eigenvalue weighted by Gasteiger charge is 2.37. The molecule has 27 heavy (non-hydrogen) atoms. The largest absolute Gasteiger partial charge is 0.338 e. The Morgan fingerprint density at radius 2 is 2.00 bits per heavy atom. The summed E-state index contributed by atoms with van der Waals surface area (Å²) >= 11 is 1.79. The van der Waals surface area contributed by atoms with E-state index >= 15 is 0 Å². The fraction of sp³-hybridized carbons (Fsp3) is 0.429. The Bertz CT molecular complexity index is 969. The maximum Gasteiger partial charge on any atom is 0.257 e. The topological polar surface area (TPSA) is 59.0 Å². The molecule has 5 nitrogen and oxygen atoms in total. The Labute approximate surface area is 162 Å². The molecule has 1 aliphatic heterocycles. The zero-order valence-electron chi connectivity index (χ0n) is 15.4. The Kier molecular flexibility index (Phi) is 3.97. The van der Waals surface area contributed by atoms with Gasteiger partial charge in [0.15, 0.2) is 0 Å². The minimum Gasteiger partial charge on any atom is -0.338 e. The second-order valence-corrected chi connectivity index (χ2v) is 8.97. The van der Waals surface area contributed by atoms with Crippen molar-refractivity contribution in [3.8, 4) is 0 Å². The van der Waals surface area contributed by atoms with Gasteiger partial charge >= 0.3 is 0 Å². The molecule has 0 bridgehead atoms. The molecule has 1 aromatic carbocycles. The van der Waals surface area contributed by atoms with Gasteiger partial charge in [0.2, 0.25) is 0 Å². The van der Waals surface area contributed by atoms with E-state index in [9.17, 15) is 4.79 Å². The Morgan fingerprint density at radius 1 is 1.22 bits per heavy atom. The van der Waals surface area contributed by atoms with Gasteiger partial charge in [0.05, 0.1) is 26.5 Å². The zero-order chi connectivity index (χ0) is 18.4. The van der Waals surface area contributed by atoms with Gasteiger partial charge < -0.3 is 4.90 Å². The number of hydrogen-bond acceptors (Lipinski definition) is 5. The number of hydrogen-bond donors (Lipinski definition) is 0. The van der Waals surface area contributed by atoms with E-state index in [1.54, 1.807) is 23.9 Å². The van der Waals surface area contributed by atoms with Crippen LogP contribution in [0.25, 0.3) is 10.2 Å². The minimum atomic E-state index is 0.0347. The molecule has 1 saturated carbocycles. The molecule has 1 saturated heterocycles. The lowest BCUT2D eigenvalue weighted by Gasteiger charge is -2.38. The summed E-state index contributed by atoms with van der Waals surface area (Å²) in [4.78, 5) is 28.4. The van der Waals surface area contributed by atoms with Crippen molar-refractivity contribution in [1.82, 2.24) is 19.9 Å². The predicted octanol–water partition coefficient (Wildman–Crippen LogP) is 4.16. The van der Waals surface area contributed by atoms with E-state index in [0.717, 1.165) is 50.0 Å². The van der Waals surface area contributed by atoms with Gasteiger partial charge in [0.25, 0.3) is 5.91 Å². The van der Waals surface area contributed by atoms with Crippen LogP contribution < -0.4 is 0 Å². The van der Waals surface area contributed by atoms with Crippen LogP contribution in [0.1, 0.15) is 59.6 Å². The number of likely N-dealkylation sites (tertiary alicyclic amines) is 1. The highest BCUT2D eigenvalue weighted by molar-refractivity contribution is 7.18. The minimum absolute atomic E-state index is 0.0347. The van der Waals surface area contributed by atoms with E-state index in [2.05, 4.69) is 35.1 Å². The number of benzene rings is 1. The van der Waals surface area contributed by atoms with E-state index in [4.69, 9.17) is 4.98 Å². The molecule has 0 atom stereocenters. The van der Waals surface area contributed by atoms with E-state index in [0.29, 0.717) is 11.5 Å². The van der Waals surface area contributed by atoms with Crippen LogP contribution in [0.5, 0.6) is 0 Å². The average molecular weight is 379 g/mol. The van der Waals surface area contributed by atoms with Gasteiger partial charge in [-0.1, -0.05) is 19.1 Å². The Morgan fingerprint density at radius 3 is 2.74 bits per heavy atom. The second-order valence-electron chi connectivity index (χ2n) is 7.94. The standard InChI is InChI=1S/C21H22N4OS/c1-21(20-24-16-4-2-3-5-17(16)27-20)8-10-25(11-9-21)19(26)15-12-22-13-23-18(15)14-6-7-14/h2-5,12-14H,6-11H2,1H3. The number of carbonyl (C=O) groups excluding carboxylic acids is 1. The normalized spacial score (nSPS) is 19.4. The SMILES string of the molecule is CC1(c2nc3ccccc3s2)CCN(C(=O)c2cncnc2C2CC2)CC1. The second kappa shape index (κ2) is 6.37. The van der Waals surface area contributed by atoms with Crippen molar-refractivity contribution >= 4 is 27.5 Å². The first-order chi connectivity index (χ1) is 13.1. The monoisotopic (exact) mass is 378 g/mol. The first-order valence-electron chi connectivity index (χ1n) is 9.59. The molecule has 3 aromatic rings. The molecule has 1 amide bonds. The van der Waals surface area contributed by atoms with Crippen molar-refractivity contribution in [2.45, 2.75) is 43.9 Å². The highest BCUT2D eigenvalue weighted by atomic mass is 32.1. The number of para-hydroxylation sites is 1. The van der Waals surface area contributed by atoms with Crippen LogP contribution in [0.3, 0.4) is 0 Å². The molecule has 0 N–H and O–H groups in total. The summed E-state index contributed by atoms with van der Waals surface area (Å²) in [6, 6.07) is 8.31. The molecular formula is C21H22N4OS. The summed E-state index contributed by atoms with van der Waals surface area (Å²) < 4.78 is 1.24. The first-order valence-corrected chi connectivity index (χ1v) is 10.4. The number of nitrogens with zero attached hydrogens (tertiary/aromatic N) is 4. The molecule has 6 heteroatoms. The van der Waals surface area contributed by atoms with Crippen molar-refractivity contribution < 1.29 is 4.79 Å². The smallest absolute Gasteiger partial charge is 0.257 e. The summed E-state index contributed by atoms with van der Waals surface area (Å²) in [7, 11) is 0. The van der Waals surface area contributed by atoms with Crippen molar-refractivity contribution in [2.24, 2.45) is 0 Å². The predicted molar refractivity (Wildman–Crippen MR) is 106 cm³/mol. The molecule has 3 heterocycles. The molecule has 0 unspecified atom stereocenters. The molecule has 2 aliphatic rings. The molecule has 1 aliphatic carbocycles. The van der Waals surface area contributed by atoms with E-state index in [1.807, 2.05) is 11.0 Å². The van der Waals surface area contributed by atoms with Gasteiger partial charge in [0, 0.05) is 30.6 Å². The van der Waals surface area contributed by atoms with Gasteiger partial charge in [0.1, 0.15) is 6.33 Å². The molecule has 2 aromatic heterocycles. The zero-order valence-corrected chi connectivity index (χ0v) is 16.2. The number of thiazole rings is 1. The lowest BCUT2D eigenvalue weighted by molar-refractivity contribution is 0.0673. The third-order valence-corrected chi connectivity index (χ3v) is 7.24. The van der Waals surface area contributed by atoms with Crippen molar-refractivity contribution in [2.75, 3.05) is 13.1 Å². The lowest BCUT2D eigenvalue weighted by Crippen LogP contribution is -2.44. The van der Waals surface area contributed by atoms with E-state index in [1.165, 1.54) is 9.71 Å². The molecule has 0 spiro atoms. The average Bonchev–Trinajstić information content (AvgIpc) is 3.45. The van der Waals surface area contributed by atoms with Crippen LogP contribution in [0, 0.1) is 0 Å². The van der Waals surface area contributed by atoms with Gasteiger partial charge in [-0.3, -0.25) is 4.79 Å². The van der Waals surface area contributed by atoms with E-state index < -0.39 is 0 Å². The summed E-state index contributed by atoms with van der Waals surface area (Å²) in [5.41, 5.74) is 2.75. The van der Waals surface area contributed by atoms with Gasteiger partial charge in [-0.05, 0) is 37.8 Å². The molecule has 2 fully saturated rings. The first kappa shape index (κ1) is 16.8. The third kappa shape index (κ3) is 3.02. The van der Waals surface area contributed by atoms with Crippen LogP contribution in [0.2, 0.25) is 0 Å². The van der Waals surface area contributed by atoms with Crippen LogP contribution >= 0.6 is 11.3 Å². The van der Waals surface area contributed by atoms with Crippen LogP contribution in [-0.2, 0) is 5.41 Å². The molecular weight excluding hydrogens is 356 g/mol. The Balaban J connectivity index is 1.34. The van der Waals surface area contributed by atoms with Crippen LogP contribution in [0.15, 0.2) is 36.8 Å². The highest BCUT2D eigenvalue weighted by Crippen LogP contribution is 2.42. The maximum atomic E-state index is 13.1. The number of rotatable bonds is 3. The van der Waals surface area contributed by atoms with Gasteiger partial charge in [-0.25, -0.2) is 15.0 Å². The number of aromatic nitrogens is 3. The molecule has 138 valence electrons. The molecule has 0 radical (unpaired) electrons. The summed E-state index contributed by atoms with van der Waals surface area (Å²) in [5.74, 6) is 0.536. The van der Waals surface area contributed by atoms with Crippen molar-refractivity contribution in [3.63, 3.8) is 0 Å². The summed E-state index contributed by atoms with van der Waals surface area (Å²) in [6.07, 6.45) is 7.39. The number of piperidine rings is 1. The fourth-order valence-electron chi connectivity index (χ4n) is 3.90. The number of fused-ring (bicyclic) bond motifs is 1. The van der Waals surface area contributed by atoms with Crippen LogP contribution in [0.4, 0.5) is 0 Å². The van der Waals surface area contributed by atoms with Gasteiger partial charge in [-0.15, -0.1) is 11.3 Å². The van der Waals surface area contributed by atoms with Crippen molar-refractivity contribution in [1.29, 1.82) is 0 Å². The van der Waals surface area contributed by atoms with Crippen molar-refractivity contribution in [3.05, 3.63) is 53.1 Å². The quantitative estimate of drug-likeness (QED) is 0.687. The third-order valence-electron chi connectivity index (χ3n) is 5.90. The fourth-order valence-corrected chi connectivity index (χ4v) is 5.07. The number of amides is 1. The lowest BCUT2D eigenvalue weighted by atomic mass is 9.81. The maximum absolute atomic E-state index is 13.1. The van der Waals surface area contributed by atoms with Crippen LogP contribution in [-0.4, -0.2) is 38.8 Å². The summed E-state index contributed by atoms with van der Waals surface area (Å²) in [6.45, 7) is 3.79. The summed E-state index contributed by atoms with van der Waals surface area (Å²) in [5, 5.41) is 1.19. The number of carbonyl (C=O) groups is 1.